The van der Waals surface area contributed by atoms with Gasteiger partial charge in [-0.25, -0.2) is 8.42 Å². The fraction of sp³-hybridized carbons (Fsp3) is 0.316. The Hall–Kier alpha value is -4.83. The molecule has 4 aromatic rings. The second-order valence-corrected chi connectivity index (χ2v) is 13.9. The molecule has 1 aliphatic rings. The SMILES string of the molecule is COc1cccc(CN(C(=O)CN(c2cc(C)ccc2OC)S(=O)(=O)c2ccccc2)C(Cc2ccccc2)C(=O)NC2CCCC2)c1. The predicted molar refractivity (Wildman–Crippen MR) is 187 cm³/mol. The van der Waals surface area contributed by atoms with Crippen molar-refractivity contribution in [3.05, 3.63) is 120 Å². The third-order valence-electron chi connectivity index (χ3n) is 8.67. The summed E-state index contributed by atoms with van der Waals surface area (Å²) in [6.45, 7) is 1.33. The molecule has 0 aromatic heterocycles. The zero-order chi connectivity index (χ0) is 34.1. The molecule has 4 aromatic carbocycles. The molecule has 0 bridgehead atoms. The highest BCUT2D eigenvalue weighted by Gasteiger charge is 2.36. The molecule has 10 heteroatoms. The number of anilines is 1. The molecular weight excluding hydrogens is 627 g/mol. The van der Waals surface area contributed by atoms with Crippen molar-refractivity contribution in [3.8, 4) is 11.5 Å². The smallest absolute Gasteiger partial charge is 0.264 e. The first-order valence-electron chi connectivity index (χ1n) is 16.2. The van der Waals surface area contributed by atoms with E-state index < -0.39 is 28.5 Å². The molecule has 48 heavy (non-hydrogen) atoms. The van der Waals surface area contributed by atoms with E-state index in [9.17, 15) is 18.0 Å². The quantitative estimate of drug-likeness (QED) is 0.179. The van der Waals surface area contributed by atoms with Crippen molar-refractivity contribution in [2.24, 2.45) is 0 Å². The largest absolute Gasteiger partial charge is 0.497 e. The van der Waals surface area contributed by atoms with Crippen molar-refractivity contribution in [1.82, 2.24) is 10.2 Å². The molecule has 1 saturated carbocycles. The van der Waals surface area contributed by atoms with Crippen molar-refractivity contribution in [1.29, 1.82) is 0 Å². The first kappa shape index (κ1) is 34.5. The van der Waals surface area contributed by atoms with Crippen molar-refractivity contribution in [2.75, 3.05) is 25.1 Å². The number of carbonyl (C=O) groups excluding carboxylic acids is 2. The Morgan fingerprint density at radius 1 is 0.833 bits per heavy atom. The number of ether oxygens (including phenoxy) is 2. The lowest BCUT2D eigenvalue weighted by Gasteiger charge is -2.34. The number of hydrogen-bond acceptors (Lipinski definition) is 6. The first-order valence-corrected chi connectivity index (χ1v) is 17.6. The van der Waals surface area contributed by atoms with Crippen LogP contribution in [0.2, 0.25) is 0 Å². The fourth-order valence-electron chi connectivity index (χ4n) is 6.12. The van der Waals surface area contributed by atoms with E-state index in [0.717, 1.165) is 46.7 Å². The van der Waals surface area contributed by atoms with Gasteiger partial charge in [-0.15, -0.1) is 0 Å². The van der Waals surface area contributed by atoms with Crippen LogP contribution >= 0.6 is 0 Å². The minimum Gasteiger partial charge on any atom is -0.497 e. The van der Waals surface area contributed by atoms with Crippen LogP contribution in [-0.2, 0) is 32.6 Å². The maximum Gasteiger partial charge on any atom is 0.264 e. The molecule has 0 saturated heterocycles. The van der Waals surface area contributed by atoms with E-state index in [2.05, 4.69) is 5.32 Å². The molecule has 1 fully saturated rings. The number of carbonyl (C=O) groups is 2. The molecule has 2 amide bonds. The molecule has 252 valence electrons. The molecular formula is C38H43N3O6S. The van der Waals surface area contributed by atoms with Gasteiger partial charge in [0, 0.05) is 19.0 Å². The highest BCUT2D eigenvalue weighted by Crippen LogP contribution is 2.34. The van der Waals surface area contributed by atoms with E-state index in [0.29, 0.717) is 11.5 Å². The van der Waals surface area contributed by atoms with E-state index in [1.165, 1.54) is 24.1 Å². The number of sulfonamides is 1. The number of hydrogen-bond donors (Lipinski definition) is 1. The Morgan fingerprint density at radius 3 is 2.17 bits per heavy atom. The number of nitrogens with zero attached hydrogens (tertiary/aromatic N) is 2. The Balaban J connectivity index is 1.61. The van der Waals surface area contributed by atoms with Crippen molar-refractivity contribution in [3.63, 3.8) is 0 Å². The maximum atomic E-state index is 14.8. The topological polar surface area (TPSA) is 105 Å². The van der Waals surface area contributed by atoms with E-state index >= 15 is 0 Å². The highest BCUT2D eigenvalue weighted by molar-refractivity contribution is 7.92. The molecule has 0 aliphatic heterocycles. The third-order valence-corrected chi connectivity index (χ3v) is 10.4. The van der Waals surface area contributed by atoms with Gasteiger partial charge in [0.25, 0.3) is 10.0 Å². The number of aryl methyl sites for hydroxylation is 1. The summed E-state index contributed by atoms with van der Waals surface area (Å²) in [6, 6.07) is 29.1. The van der Waals surface area contributed by atoms with Crippen molar-refractivity contribution < 1.29 is 27.5 Å². The lowest BCUT2D eigenvalue weighted by molar-refractivity contribution is -0.140. The molecule has 9 nitrogen and oxygen atoms in total. The maximum absolute atomic E-state index is 14.8. The minimum atomic E-state index is -4.25. The fourth-order valence-corrected chi connectivity index (χ4v) is 7.55. The first-order chi connectivity index (χ1) is 23.2. The molecule has 1 atom stereocenters. The standard InChI is InChI=1S/C38H43N3O6S/c1-28-21-22-36(47-3)34(23-28)41(48(44,45)33-19-8-5-9-20-33)27-37(42)40(26-30-15-12-18-32(24-30)46-2)35(25-29-13-6-4-7-14-29)38(43)39-31-16-10-11-17-31/h4-9,12-15,18-24,31,35H,10-11,16-17,25-27H2,1-3H3,(H,39,43). The van der Waals surface area contributed by atoms with Gasteiger partial charge in [0.15, 0.2) is 0 Å². The summed E-state index contributed by atoms with van der Waals surface area (Å²) in [4.78, 5) is 30.5. The van der Waals surface area contributed by atoms with Crippen LogP contribution in [0, 0.1) is 6.92 Å². The third kappa shape index (κ3) is 8.36. The summed E-state index contributed by atoms with van der Waals surface area (Å²) >= 11 is 0. The van der Waals surface area contributed by atoms with Crippen LogP contribution in [0.15, 0.2) is 108 Å². The van der Waals surface area contributed by atoms with Crippen LogP contribution in [0.4, 0.5) is 5.69 Å². The number of benzene rings is 4. The van der Waals surface area contributed by atoms with Gasteiger partial charge in [0.2, 0.25) is 11.8 Å². The lowest BCUT2D eigenvalue weighted by Crippen LogP contribution is -2.54. The summed E-state index contributed by atoms with van der Waals surface area (Å²) < 4.78 is 40.8. The van der Waals surface area contributed by atoms with Gasteiger partial charge in [-0.3, -0.25) is 13.9 Å². The van der Waals surface area contributed by atoms with Gasteiger partial charge in [0.1, 0.15) is 24.1 Å². The van der Waals surface area contributed by atoms with Gasteiger partial charge in [-0.05, 0) is 72.9 Å². The summed E-state index contributed by atoms with van der Waals surface area (Å²) in [5.74, 6) is 0.0933. The van der Waals surface area contributed by atoms with E-state index in [1.54, 1.807) is 37.4 Å². The predicted octanol–water partition coefficient (Wildman–Crippen LogP) is 5.91. The van der Waals surface area contributed by atoms with Crippen LogP contribution in [0.3, 0.4) is 0 Å². The second-order valence-electron chi connectivity index (χ2n) is 12.1. The van der Waals surface area contributed by atoms with Gasteiger partial charge in [-0.2, -0.15) is 0 Å². The van der Waals surface area contributed by atoms with Gasteiger partial charge < -0.3 is 19.7 Å². The number of amides is 2. The molecule has 0 heterocycles. The van der Waals surface area contributed by atoms with Gasteiger partial charge >= 0.3 is 0 Å². The highest BCUT2D eigenvalue weighted by atomic mass is 32.2. The molecule has 1 aliphatic carbocycles. The Bertz CT molecular complexity index is 1790. The second kappa shape index (κ2) is 15.8. The van der Waals surface area contributed by atoms with Crippen molar-refractivity contribution >= 4 is 27.5 Å². The van der Waals surface area contributed by atoms with E-state index in [4.69, 9.17) is 9.47 Å². The zero-order valence-corrected chi connectivity index (χ0v) is 28.5. The van der Waals surface area contributed by atoms with Crippen LogP contribution in [-0.4, -0.2) is 58.0 Å². The normalized spacial score (nSPS) is 13.8. The average Bonchev–Trinajstić information content (AvgIpc) is 3.62. The molecule has 5 rings (SSSR count). The van der Waals surface area contributed by atoms with Crippen LogP contribution in [0.5, 0.6) is 11.5 Å². The summed E-state index contributed by atoms with van der Waals surface area (Å²) in [6.07, 6.45) is 4.07. The Morgan fingerprint density at radius 2 is 1.50 bits per heavy atom. The molecule has 0 spiro atoms. The van der Waals surface area contributed by atoms with E-state index in [-0.39, 0.29) is 35.5 Å². The van der Waals surface area contributed by atoms with Crippen LogP contribution in [0.1, 0.15) is 42.4 Å². The van der Waals surface area contributed by atoms with Crippen LogP contribution < -0.4 is 19.1 Å². The lowest BCUT2D eigenvalue weighted by atomic mass is 10.0. The monoisotopic (exact) mass is 669 g/mol. The number of rotatable bonds is 14. The van der Waals surface area contributed by atoms with Gasteiger partial charge in [-0.1, -0.05) is 79.6 Å². The minimum absolute atomic E-state index is 0.0241. The zero-order valence-electron chi connectivity index (χ0n) is 27.7. The van der Waals surface area contributed by atoms with E-state index in [1.807, 2.05) is 67.6 Å². The van der Waals surface area contributed by atoms with Crippen molar-refractivity contribution in [2.45, 2.75) is 62.6 Å². The number of nitrogens with one attached hydrogen (secondary N) is 1. The molecule has 1 unspecified atom stereocenters. The molecule has 0 radical (unpaired) electrons. The summed E-state index contributed by atoms with van der Waals surface area (Å²) in [5.41, 5.74) is 2.63. The Kier molecular flexibility index (Phi) is 11.4. The number of methoxy groups -OCH3 is 2. The van der Waals surface area contributed by atoms with Crippen LogP contribution in [0.25, 0.3) is 0 Å². The summed E-state index contributed by atoms with van der Waals surface area (Å²) in [7, 11) is -1.23. The summed E-state index contributed by atoms with van der Waals surface area (Å²) in [5, 5.41) is 3.20. The molecule has 1 N–H and O–H groups in total. The Labute approximate surface area is 283 Å². The average molecular weight is 670 g/mol. The van der Waals surface area contributed by atoms with Gasteiger partial charge in [0.05, 0.1) is 24.8 Å².